The molecule has 2 amide bonds. The summed E-state index contributed by atoms with van der Waals surface area (Å²) in [6.07, 6.45) is 1.51. The summed E-state index contributed by atoms with van der Waals surface area (Å²) in [7, 11) is -3.96. The minimum Gasteiger partial charge on any atom is -0.350 e. The van der Waals surface area contributed by atoms with Gasteiger partial charge in [0.25, 0.3) is 10.0 Å². The number of likely N-dealkylation sites (tertiary alicyclic amines) is 1. The highest BCUT2D eigenvalue weighted by molar-refractivity contribution is 9.10. The van der Waals surface area contributed by atoms with E-state index in [0.29, 0.717) is 18.7 Å². The van der Waals surface area contributed by atoms with E-state index in [2.05, 4.69) is 21.2 Å². The summed E-state index contributed by atoms with van der Waals surface area (Å²) in [6, 6.07) is 21.1. The average molecular weight is 571 g/mol. The van der Waals surface area contributed by atoms with E-state index in [1.54, 1.807) is 48.5 Å². The molecule has 1 fully saturated rings. The molecule has 0 saturated carbocycles. The number of nitrogens with zero attached hydrogens (tertiary/aromatic N) is 2. The molecule has 3 aromatic carbocycles. The number of hydrogen-bond acceptors (Lipinski definition) is 4. The molecule has 0 aliphatic carbocycles. The lowest BCUT2D eigenvalue weighted by molar-refractivity contribution is -0.128. The molecule has 3 aromatic rings. The summed E-state index contributed by atoms with van der Waals surface area (Å²) in [6.45, 7) is 3.17. The van der Waals surface area contributed by atoms with Crippen molar-refractivity contribution in [1.29, 1.82) is 0 Å². The largest absolute Gasteiger partial charge is 0.350 e. The Balaban J connectivity index is 1.44. The predicted octanol–water partition coefficient (Wildman–Crippen LogP) is 4.39. The molecule has 36 heavy (non-hydrogen) atoms. The summed E-state index contributed by atoms with van der Waals surface area (Å²) >= 11 is 3.37. The van der Waals surface area contributed by atoms with Gasteiger partial charge in [0.15, 0.2) is 0 Å². The summed E-state index contributed by atoms with van der Waals surface area (Å²) < 4.78 is 28.8. The van der Waals surface area contributed by atoms with Crippen LogP contribution in [0.15, 0.2) is 82.2 Å². The molecule has 7 nitrogen and oxygen atoms in total. The van der Waals surface area contributed by atoms with Crippen molar-refractivity contribution < 1.29 is 18.0 Å². The zero-order valence-corrected chi connectivity index (χ0v) is 22.4. The summed E-state index contributed by atoms with van der Waals surface area (Å²) in [5.74, 6) is -0.234. The number of hydrogen-bond donors (Lipinski definition) is 1. The third-order valence-corrected chi connectivity index (χ3v) is 8.39. The second-order valence-corrected chi connectivity index (χ2v) is 11.6. The molecular weight excluding hydrogens is 542 g/mol. The van der Waals surface area contributed by atoms with Crippen molar-refractivity contribution in [1.82, 2.24) is 10.2 Å². The van der Waals surface area contributed by atoms with Crippen molar-refractivity contribution in [2.75, 3.05) is 17.4 Å². The van der Waals surface area contributed by atoms with Crippen LogP contribution < -0.4 is 9.62 Å². The van der Waals surface area contributed by atoms with Crippen LogP contribution in [0, 0.1) is 6.92 Å². The Bertz CT molecular complexity index is 1320. The fourth-order valence-corrected chi connectivity index (χ4v) is 5.69. The van der Waals surface area contributed by atoms with Crippen molar-refractivity contribution in [3.05, 3.63) is 94.0 Å². The zero-order valence-electron chi connectivity index (χ0n) is 20.0. The molecule has 0 bridgehead atoms. The van der Waals surface area contributed by atoms with E-state index in [1.807, 2.05) is 36.1 Å². The SMILES string of the molecule is Cc1ccc(S(=O)(=O)N(CC(=O)NCc2ccc(CN3CCCC3=O)cc2)c2ccc(Br)cc2)cc1. The van der Waals surface area contributed by atoms with Crippen LogP contribution in [-0.4, -0.2) is 38.2 Å². The number of carbonyl (C=O) groups excluding carboxylic acids is 2. The lowest BCUT2D eigenvalue weighted by Gasteiger charge is -2.24. The minimum absolute atomic E-state index is 0.121. The maximum atomic E-state index is 13.4. The highest BCUT2D eigenvalue weighted by atomic mass is 79.9. The van der Waals surface area contributed by atoms with Gasteiger partial charge in [-0.15, -0.1) is 0 Å². The van der Waals surface area contributed by atoms with Crippen LogP contribution in [0.1, 0.15) is 29.5 Å². The number of rotatable bonds is 9. The van der Waals surface area contributed by atoms with Crippen LogP contribution in [0.25, 0.3) is 0 Å². The molecule has 1 heterocycles. The van der Waals surface area contributed by atoms with E-state index in [1.165, 1.54) is 0 Å². The van der Waals surface area contributed by atoms with E-state index < -0.39 is 15.9 Å². The first kappa shape index (κ1) is 25.9. The van der Waals surface area contributed by atoms with E-state index in [0.717, 1.165) is 38.4 Å². The number of nitrogens with one attached hydrogen (secondary N) is 1. The topological polar surface area (TPSA) is 86.8 Å². The molecule has 0 atom stereocenters. The molecule has 188 valence electrons. The van der Waals surface area contributed by atoms with Gasteiger partial charge in [-0.1, -0.05) is 57.9 Å². The molecule has 0 unspecified atom stereocenters. The Kier molecular flexibility index (Phi) is 8.11. The fraction of sp³-hybridized carbons (Fsp3) is 0.259. The van der Waals surface area contributed by atoms with Gasteiger partial charge in [0, 0.05) is 30.5 Å². The lowest BCUT2D eigenvalue weighted by atomic mass is 10.1. The van der Waals surface area contributed by atoms with Gasteiger partial charge in [-0.25, -0.2) is 8.42 Å². The summed E-state index contributed by atoms with van der Waals surface area (Å²) in [4.78, 5) is 26.7. The molecule has 1 N–H and O–H groups in total. The van der Waals surface area contributed by atoms with Gasteiger partial charge in [0.2, 0.25) is 11.8 Å². The molecular formula is C27H28BrN3O4S. The molecule has 9 heteroatoms. The Morgan fingerprint density at radius 1 is 0.972 bits per heavy atom. The Morgan fingerprint density at radius 2 is 1.61 bits per heavy atom. The number of benzene rings is 3. The molecule has 0 aromatic heterocycles. The predicted molar refractivity (Wildman–Crippen MR) is 143 cm³/mol. The van der Waals surface area contributed by atoms with Crippen molar-refractivity contribution in [2.45, 2.75) is 37.8 Å². The van der Waals surface area contributed by atoms with Gasteiger partial charge in [0.05, 0.1) is 10.6 Å². The van der Waals surface area contributed by atoms with Crippen molar-refractivity contribution >= 4 is 43.5 Å². The van der Waals surface area contributed by atoms with E-state index in [9.17, 15) is 18.0 Å². The highest BCUT2D eigenvalue weighted by Crippen LogP contribution is 2.25. The third kappa shape index (κ3) is 6.33. The zero-order chi connectivity index (χ0) is 25.7. The number of halogens is 1. The smallest absolute Gasteiger partial charge is 0.264 e. The van der Waals surface area contributed by atoms with Crippen LogP contribution >= 0.6 is 15.9 Å². The minimum atomic E-state index is -3.96. The number of anilines is 1. The first-order valence-corrected chi connectivity index (χ1v) is 13.9. The molecule has 0 radical (unpaired) electrons. The maximum Gasteiger partial charge on any atom is 0.264 e. The van der Waals surface area contributed by atoms with Crippen molar-refractivity contribution in [2.24, 2.45) is 0 Å². The van der Waals surface area contributed by atoms with Gasteiger partial charge in [0.1, 0.15) is 6.54 Å². The highest BCUT2D eigenvalue weighted by Gasteiger charge is 2.27. The Morgan fingerprint density at radius 3 is 2.22 bits per heavy atom. The van der Waals surface area contributed by atoms with Gasteiger partial charge < -0.3 is 10.2 Å². The lowest BCUT2D eigenvalue weighted by Crippen LogP contribution is -2.40. The van der Waals surface area contributed by atoms with Gasteiger partial charge in [-0.2, -0.15) is 0 Å². The van der Waals surface area contributed by atoms with E-state index in [-0.39, 0.29) is 23.9 Å². The fourth-order valence-electron chi connectivity index (χ4n) is 4.00. The van der Waals surface area contributed by atoms with Gasteiger partial charge in [-0.3, -0.25) is 13.9 Å². The second kappa shape index (κ2) is 11.3. The number of carbonyl (C=O) groups is 2. The maximum absolute atomic E-state index is 13.4. The molecule has 4 rings (SSSR count). The third-order valence-electron chi connectivity index (χ3n) is 6.07. The number of amides is 2. The van der Waals surface area contributed by atoms with Crippen molar-refractivity contribution in [3.63, 3.8) is 0 Å². The van der Waals surface area contributed by atoms with E-state index >= 15 is 0 Å². The van der Waals surface area contributed by atoms with Gasteiger partial charge in [-0.05, 0) is 60.9 Å². The van der Waals surface area contributed by atoms with Crippen LogP contribution in [-0.2, 0) is 32.7 Å². The summed E-state index contributed by atoms with van der Waals surface area (Å²) in [5.41, 5.74) is 3.26. The summed E-state index contributed by atoms with van der Waals surface area (Å²) in [5, 5.41) is 2.82. The quantitative estimate of drug-likeness (QED) is 0.414. The Hall–Kier alpha value is -3.17. The molecule has 1 aliphatic rings. The number of aryl methyl sites for hydroxylation is 1. The first-order chi connectivity index (χ1) is 17.2. The number of sulfonamides is 1. The Labute approximate surface area is 220 Å². The normalized spacial score (nSPS) is 13.6. The standard InChI is InChI=1S/C27H28BrN3O4S/c1-20-4-14-25(15-5-20)36(34,35)31(24-12-10-23(28)11-13-24)19-26(32)29-17-21-6-8-22(9-7-21)18-30-16-2-3-27(30)33/h4-15H,2-3,16-19H2,1H3,(H,29,32). The van der Waals surface area contributed by atoms with Crippen LogP contribution in [0.3, 0.4) is 0 Å². The van der Waals surface area contributed by atoms with Crippen LogP contribution in [0.5, 0.6) is 0 Å². The monoisotopic (exact) mass is 569 g/mol. The van der Waals surface area contributed by atoms with Crippen LogP contribution in [0.4, 0.5) is 5.69 Å². The van der Waals surface area contributed by atoms with E-state index in [4.69, 9.17) is 0 Å². The molecule has 0 spiro atoms. The van der Waals surface area contributed by atoms with Gasteiger partial charge >= 0.3 is 0 Å². The average Bonchev–Trinajstić information content (AvgIpc) is 3.27. The second-order valence-electron chi connectivity index (χ2n) is 8.81. The van der Waals surface area contributed by atoms with Crippen LogP contribution in [0.2, 0.25) is 0 Å². The van der Waals surface area contributed by atoms with Crippen molar-refractivity contribution in [3.8, 4) is 0 Å². The molecule has 1 saturated heterocycles. The first-order valence-electron chi connectivity index (χ1n) is 11.7. The molecule has 1 aliphatic heterocycles.